The number of piperidine rings is 1. The molecule has 2 aromatic rings. The van der Waals surface area contributed by atoms with E-state index in [1.54, 1.807) is 10.9 Å². The van der Waals surface area contributed by atoms with Crippen LogP contribution in [0.2, 0.25) is 0 Å². The molecule has 0 saturated carbocycles. The lowest BCUT2D eigenvalue weighted by molar-refractivity contribution is -0.0936. The third-order valence-corrected chi connectivity index (χ3v) is 7.37. The first-order valence-corrected chi connectivity index (χ1v) is 11.3. The highest BCUT2D eigenvalue weighted by Gasteiger charge is 2.46. The Morgan fingerprint density at radius 1 is 1.32 bits per heavy atom. The molecule has 152 valence electrons. The SMILES string of the molecule is CCn1cc(S(=O)(=O)N2CCC[C@]3(C2)OCCc2cnc(C(C)C)nc23)cn1. The molecule has 1 fully saturated rings. The van der Waals surface area contributed by atoms with Crippen molar-refractivity contribution in [3.63, 3.8) is 0 Å². The summed E-state index contributed by atoms with van der Waals surface area (Å²) in [6.07, 6.45) is 7.14. The molecule has 0 amide bonds. The van der Waals surface area contributed by atoms with Crippen molar-refractivity contribution >= 4 is 10.0 Å². The van der Waals surface area contributed by atoms with E-state index in [9.17, 15) is 8.42 Å². The van der Waals surface area contributed by atoms with Crippen LogP contribution in [-0.4, -0.2) is 52.2 Å². The smallest absolute Gasteiger partial charge is 0.246 e. The fraction of sp³-hybridized carbons (Fsp3) is 0.632. The van der Waals surface area contributed by atoms with Gasteiger partial charge in [0.05, 0.1) is 18.5 Å². The van der Waals surface area contributed by atoms with Crippen molar-refractivity contribution in [1.29, 1.82) is 0 Å². The number of nitrogens with zero attached hydrogens (tertiary/aromatic N) is 5. The maximum absolute atomic E-state index is 13.2. The molecule has 4 heterocycles. The average Bonchev–Trinajstić information content (AvgIpc) is 3.18. The number of sulfonamides is 1. The number of hydrogen-bond donors (Lipinski definition) is 0. The van der Waals surface area contributed by atoms with Crippen LogP contribution in [0.15, 0.2) is 23.5 Å². The standard InChI is InChI=1S/C19H27N5O3S/c1-4-23-12-16(11-21-23)28(25,26)24-8-5-7-19(13-24)17-15(6-9-27-19)10-20-18(22-17)14(2)3/h10-12,14H,4-9,13H2,1-3H3/t19-/m1/s1. The van der Waals surface area contributed by atoms with Gasteiger partial charge in [-0.1, -0.05) is 13.8 Å². The van der Waals surface area contributed by atoms with Crippen LogP contribution in [0.5, 0.6) is 0 Å². The van der Waals surface area contributed by atoms with Crippen molar-refractivity contribution in [2.75, 3.05) is 19.7 Å². The normalized spacial score (nSPS) is 23.3. The molecule has 8 nitrogen and oxygen atoms in total. The van der Waals surface area contributed by atoms with Gasteiger partial charge in [-0.05, 0) is 31.7 Å². The van der Waals surface area contributed by atoms with Crippen LogP contribution >= 0.6 is 0 Å². The molecule has 0 aromatic carbocycles. The summed E-state index contributed by atoms with van der Waals surface area (Å²) in [7, 11) is -3.63. The van der Waals surface area contributed by atoms with E-state index < -0.39 is 15.6 Å². The molecule has 1 spiro atoms. The van der Waals surface area contributed by atoms with Crippen LogP contribution in [-0.2, 0) is 33.3 Å². The third kappa shape index (κ3) is 3.25. The summed E-state index contributed by atoms with van der Waals surface area (Å²) < 4.78 is 35.8. The maximum Gasteiger partial charge on any atom is 0.246 e. The van der Waals surface area contributed by atoms with Crippen LogP contribution in [0.4, 0.5) is 0 Å². The zero-order valence-corrected chi connectivity index (χ0v) is 17.4. The first-order chi connectivity index (χ1) is 13.4. The van der Waals surface area contributed by atoms with Crippen molar-refractivity contribution in [1.82, 2.24) is 24.1 Å². The molecular weight excluding hydrogens is 378 g/mol. The Labute approximate surface area is 166 Å². The molecule has 28 heavy (non-hydrogen) atoms. The molecule has 1 saturated heterocycles. The quantitative estimate of drug-likeness (QED) is 0.773. The number of ether oxygens (including phenoxy) is 1. The highest BCUT2D eigenvalue weighted by molar-refractivity contribution is 7.89. The number of fused-ring (bicyclic) bond motifs is 2. The summed E-state index contributed by atoms with van der Waals surface area (Å²) in [5.74, 6) is 0.973. The summed E-state index contributed by atoms with van der Waals surface area (Å²) in [5, 5.41) is 4.13. The maximum atomic E-state index is 13.2. The van der Waals surface area contributed by atoms with Gasteiger partial charge in [-0.2, -0.15) is 9.40 Å². The van der Waals surface area contributed by atoms with E-state index in [2.05, 4.69) is 23.9 Å². The van der Waals surface area contributed by atoms with E-state index in [1.165, 1.54) is 10.5 Å². The van der Waals surface area contributed by atoms with E-state index in [4.69, 9.17) is 9.72 Å². The molecule has 0 N–H and O–H groups in total. The molecule has 9 heteroatoms. The van der Waals surface area contributed by atoms with E-state index in [-0.39, 0.29) is 17.4 Å². The third-order valence-electron chi connectivity index (χ3n) is 5.57. The molecule has 2 aliphatic rings. The Hall–Kier alpha value is -1.84. The van der Waals surface area contributed by atoms with Gasteiger partial charge in [0.25, 0.3) is 0 Å². The van der Waals surface area contributed by atoms with E-state index in [0.717, 1.165) is 36.3 Å². The second-order valence-corrected chi connectivity index (χ2v) is 9.76. The van der Waals surface area contributed by atoms with Crippen molar-refractivity contribution in [3.8, 4) is 0 Å². The van der Waals surface area contributed by atoms with Gasteiger partial charge in [0.2, 0.25) is 10.0 Å². The molecule has 1 atom stereocenters. The Bertz CT molecular complexity index is 972. The summed E-state index contributed by atoms with van der Waals surface area (Å²) in [5.41, 5.74) is 1.22. The Morgan fingerprint density at radius 3 is 2.86 bits per heavy atom. The molecule has 0 aliphatic carbocycles. The summed E-state index contributed by atoms with van der Waals surface area (Å²) in [6, 6.07) is 0. The predicted octanol–water partition coefficient (Wildman–Crippen LogP) is 2.07. The Kier molecular flexibility index (Phi) is 5.01. The highest BCUT2D eigenvalue weighted by Crippen LogP contribution is 2.40. The van der Waals surface area contributed by atoms with Crippen LogP contribution in [0.25, 0.3) is 0 Å². The van der Waals surface area contributed by atoms with E-state index in [0.29, 0.717) is 19.7 Å². The Morgan fingerprint density at radius 2 is 2.14 bits per heavy atom. The van der Waals surface area contributed by atoms with E-state index >= 15 is 0 Å². The van der Waals surface area contributed by atoms with Crippen LogP contribution in [0, 0.1) is 0 Å². The van der Waals surface area contributed by atoms with Gasteiger partial charge in [0, 0.05) is 37.9 Å². The lowest BCUT2D eigenvalue weighted by Gasteiger charge is -2.44. The van der Waals surface area contributed by atoms with Crippen LogP contribution < -0.4 is 0 Å². The van der Waals surface area contributed by atoms with Gasteiger partial charge in [0.15, 0.2) is 0 Å². The molecule has 0 radical (unpaired) electrons. The molecule has 4 rings (SSSR count). The minimum absolute atomic E-state index is 0.201. The zero-order chi connectivity index (χ0) is 19.9. The average molecular weight is 406 g/mol. The number of aromatic nitrogens is 4. The monoisotopic (exact) mass is 405 g/mol. The first kappa shape index (κ1) is 19.5. The predicted molar refractivity (Wildman–Crippen MR) is 103 cm³/mol. The van der Waals surface area contributed by atoms with Crippen LogP contribution in [0.3, 0.4) is 0 Å². The number of hydrogen-bond acceptors (Lipinski definition) is 6. The van der Waals surface area contributed by atoms with E-state index in [1.807, 2.05) is 13.1 Å². The fourth-order valence-corrected chi connectivity index (χ4v) is 5.48. The van der Waals surface area contributed by atoms with Crippen molar-refractivity contribution in [3.05, 3.63) is 35.7 Å². The van der Waals surface area contributed by atoms with Gasteiger partial charge in [-0.15, -0.1) is 0 Å². The van der Waals surface area contributed by atoms with Crippen molar-refractivity contribution in [2.24, 2.45) is 0 Å². The fourth-order valence-electron chi connectivity index (χ4n) is 4.00. The Balaban J connectivity index is 1.70. The molecule has 0 bridgehead atoms. The molecule has 0 unspecified atom stereocenters. The minimum atomic E-state index is -3.63. The van der Waals surface area contributed by atoms with Crippen LogP contribution in [0.1, 0.15) is 56.6 Å². The largest absolute Gasteiger partial charge is 0.367 e. The van der Waals surface area contributed by atoms with Crippen molar-refractivity contribution < 1.29 is 13.2 Å². The van der Waals surface area contributed by atoms with Gasteiger partial charge < -0.3 is 4.74 Å². The molecule has 2 aromatic heterocycles. The van der Waals surface area contributed by atoms with Gasteiger partial charge in [-0.25, -0.2) is 18.4 Å². The topological polar surface area (TPSA) is 90.2 Å². The van der Waals surface area contributed by atoms with Gasteiger partial charge >= 0.3 is 0 Å². The summed E-state index contributed by atoms with van der Waals surface area (Å²) >= 11 is 0. The zero-order valence-electron chi connectivity index (χ0n) is 16.6. The lowest BCUT2D eigenvalue weighted by atomic mass is 9.85. The summed E-state index contributed by atoms with van der Waals surface area (Å²) in [6.45, 7) is 7.97. The molecule has 2 aliphatic heterocycles. The molecular formula is C19H27N5O3S. The van der Waals surface area contributed by atoms with Gasteiger partial charge in [-0.3, -0.25) is 4.68 Å². The summed E-state index contributed by atoms with van der Waals surface area (Å²) in [4.78, 5) is 9.54. The van der Waals surface area contributed by atoms with Crippen molar-refractivity contribution in [2.45, 2.75) is 63.0 Å². The second kappa shape index (κ2) is 7.20. The lowest BCUT2D eigenvalue weighted by Crippen LogP contribution is -2.52. The number of aryl methyl sites for hydroxylation is 1. The van der Waals surface area contributed by atoms with Gasteiger partial charge in [0.1, 0.15) is 16.3 Å². The second-order valence-electron chi connectivity index (χ2n) is 7.82. The first-order valence-electron chi connectivity index (χ1n) is 9.88. The highest BCUT2D eigenvalue weighted by atomic mass is 32.2. The minimum Gasteiger partial charge on any atom is -0.367 e. The number of rotatable bonds is 4.